The Balaban J connectivity index is 1.82. The molecule has 4 heteroatoms. The molecule has 0 saturated heterocycles. The Labute approximate surface area is 120 Å². The second kappa shape index (κ2) is 8.35. The summed E-state index contributed by atoms with van der Waals surface area (Å²) in [5.74, 6) is -0.218. The van der Waals surface area contributed by atoms with Gasteiger partial charge in [-0.2, -0.15) is 0 Å². The molecule has 1 atom stereocenters. The fourth-order valence-electron chi connectivity index (χ4n) is 2.04. The molecular weight excluding hydrogens is 257 g/mol. The largest absolute Gasteiger partial charge is 0.379 e. The van der Waals surface area contributed by atoms with Gasteiger partial charge in [-0.25, -0.2) is 4.39 Å². The first kappa shape index (κ1) is 15.4. The second-order valence-electron chi connectivity index (χ2n) is 5.21. The maximum Gasteiger partial charge on any atom is 0.123 e. The Bertz CT molecular complexity index is 396. The van der Waals surface area contributed by atoms with Crippen molar-refractivity contribution in [1.82, 2.24) is 5.32 Å². The predicted octanol–water partition coefficient (Wildman–Crippen LogP) is 3.06. The zero-order valence-corrected chi connectivity index (χ0v) is 12.1. The van der Waals surface area contributed by atoms with Crippen LogP contribution in [0.25, 0.3) is 0 Å². The molecule has 20 heavy (non-hydrogen) atoms. The highest BCUT2D eigenvalue weighted by molar-refractivity contribution is 5.19. The number of rotatable bonds is 10. The molecule has 0 bridgehead atoms. The van der Waals surface area contributed by atoms with Gasteiger partial charge in [0.25, 0.3) is 0 Å². The third-order valence-electron chi connectivity index (χ3n) is 3.28. The minimum atomic E-state index is -0.218. The number of halogens is 1. The number of benzene rings is 1. The average molecular weight is 281 g/mol. The molecule has 3 nitrogen and oxygen atoms in total. The van der Waals surface area contributed by atoms with Gasteiger partial charge in [0.15, 0.2) is 0 Å². The van der Waals surface area contributed by atoms with Crippen molar-refractivity contribution in [3.63, 3.8) is 0 Å². The molecule has 1 aromatic carbocycles. The van der Waals surface area contributed by atoms with Crippen LogP contribution in [0.4, 0.5) is 4.39 Å². The van der Waals surface area contributed by atoms with Crippen LogP contribution in [0.2, 0.25) is 0 Å². The average Bonchev–Trinajstić information content (AvgIpc) is 3.26. The topological polar surface area (TPSA) is 30.5 Å². The Hall–Kier alpha value is -0.970. The molecule has 0 radical (unpaired) electrons. The first-order valence-electron chi connectivity index (χ1n) is 7.47. The van der Waals surface area contributed by atoms with Crippen molar-refractivity contribution in [3.8, 4) is 0 Å². The molecule has 1 fully saturated rings. The van der Waals surface area contributed by atoms with E-state index in [9.17, 15) is 4.39 Å². The predicted molar refractivity (Wildman–Crippen MR) is 77.2 cm³/mol. The zero-order valence-electron chi connectivity index (χ0n) is 12.1. The van der Waals surface area contributed by atoms with Crippen LogP contribution in [-0.4, -0.2) is 32.4 Å². The zero-order chi connectivity index (χ0) is 14.2. The number of ether oxygens (including phenoxy) is 2. The quantitative estimate of drug-likeness (QED) is 0.669. The van der Waals surface area contributed by atoms with Crippen LogP contribution >= 0.6 is 0 Å². The standard InChI is InChI=1S/C16H24FNO2/c1-2-8-19-9-10-20-16(12-18-15-6-7-15)13-4-3-5-14(17)11-13/h3-5,11,15-16,18H,2,6-10,12H2,1H3. The molecular formula is C16H24FNO2. The van der Waals surface area contributed by atoms with Crippen LogP contribution in [0.15, 0.2) is 24.3 Å². The summed E-state index contributed by atoms with van der Waals surface area (Å²) in [5, 5.41) is 3.44. The molecule has 1 aliphatic rings. The van der Waals surface area contributed by atoms with Gasteiger partial charge in [0.1, 0.15) is 5.82 Å². The van der Waals surface area contributed by atoms with Gasteiger partial charge in [0.2, 0.25) is 0 Å². The maximum absolute atomic E-state index is 13.3. The molecule has 2 rings (SSSR count). The van der Waals surface area contributed by atoms with Gasteiger partial charge in [-0.05, 0) is 37.0 Å². The fraction of sp³-hybridized carbons (Fsp3) is 0.625. The van der Waals surface area contributed by atoms with Gasteiger partial charge in [-0.15, -0.1) is 0 Å². The van der Waals surface area contributed by atoms with Crippen LogP contribution in [0.1, 0.15) is 37.9 Å². The van der Waals surface area contributed by atoms with Crippen molar-refractivity contribution in [2.24, 2.45) is 0 Å². The van der Waals surface area contributed by atoms with Gasteiger partial charge in [-0.1, -0.05) is 19.1 Å². The van der Waals surface area contributed by atoms with Gasteiger partial charge in [0.05, 0.1) is 19.3 Å². The summed E-state index contributed by atoms with van der Waals surface area (Å²) in [6.45, 7) is 4.68. The lowest BCUT2D eigenvalue weighted by molar-refractivity contribution is 0.00401. The summed E-state index contributed by atoms with van der Waals surface area (Å²) in [4.78, 5) is 0. The van der Waals surface area contributed by atoms with Crippen molar-refractivity contribution in [2.75, 3.05) is 26.4 Å². The van der Waals surface area contributed by atoms with E-state index in [1.165, 1.54) is 18.9 Å². The molecule has 0 aliphatic heterocycles. The van der Waals surface area contributed by atoms with Crippen molar-refractivity contribution in [3.05, 3.63) is 35.6 Å². The van der Waals surface area contributed by atoms with Crippen LogP contribution in [-0.2, 0) is 9.47 Å². The highest BCUT2D eigenvalue weighted by Gasteiger charge is 2.22. The highest BCUT2D eigenvalue weighted by atomic mass is 19.1. The maximum atomic E-state index is 13.3. The SMILES string of the molecule is CCCOCCOC(CNC1CC1)c1cccc(F)c1. The van der Waals surface area contributed by atoms with E-state index < -0.39 is 0 Å². The lowest BCUT2D eigenvalue weighted by Gasteiger charge is -2.19. The second-order valence-corrected chi connectivity index (χ2v) is 5.21. The van der Waals surface area contributed by atoms with E-state index in [0.29, 0.717) is 19.3 Å². The third kappa shape index (κ3) is 5.57. The molecule has 1 unspecified atom stereocenters. The Kier molecular flexibility index (Phi) is 6.43. The summed E-state index contributed by atoms with van der Waals surface area (Å²) < 4.78 is 24.6. The molecule has 0 amide bonds. The summed E-state index contributed by atoms with van der Waals surface area (Å²) >= 11 is 0. The summed E-state index contributed by atoms with van der Waals surface area (Å²) in [5.41, 5.74) is 0.883. The first-order chi connectivity index (χ1) is 9.79. The van der Waals surface area contributed by atoms with Crippen LogP contribution in [0.5, 0.6) is 0 Å². The van der Waals surface area contributed by atoms with E-state index in [0.717, 1.165) is 25.1 Å². The van der Waals surface area contributed by atoms with Gasteiger partial charge in [0, 0.05) is 19.2 Å². The first-order valence-corrected chi connectivity index (χ1v) is 7.47. The Morgan fingerprint density at radius 3 is 2.85 bits per heavy atom. The van der Waals surface area contributed by atoms with Gasteiger partial charge < -0.3 is 14.8 Å². The van der Waals surface area contributed by atoms with E-state index in [1.807, 2.05) is 6.07 Å². The molecule has 112 valence electrons. The molecule has 0 aromatic heterocycles. The van der Waals surface area contributed by atoms with Crippen molar-refractivity contribution in [1.29, 1.82) is 0 Å². The van der Waals surface area contributed by atoms with Crippen LogP contribution in [0, 0.1) is 5.82 Å². The van der Waals surface area contributed by atoms with Crippen LogP contribution in [0.3, 0.4) is 0 Å². The monoisotopic (exact) mass is 281 g/mol. The normalized spacial score (nSPS) is 16.3. The Morgan fingerprint density at radius 2 is 2.15 bits per heavy atom. The van der Waals surface area contributed by atoms with E-state index in [4.69, 9.17) is 9.47 Å². The summed E-state index contributed by atoms with van der Waals surface area (Å²) in [7, 11) is 0. The summed E-state index contributed by atoms with van der Waals surface area (Å²) in [6.07, 6.45) is 3.36. The van der Waals surface area contributed by atoms with E-state index in [2.05, 4.69) is 12.2 Å². The molecule has 1 N–H and O–H groups in total. The lowest BCUT2D eigenvalue weighted by Crippen LogP contribution is -2.26. The van der Waals surface area contributed by atoms with Crippen molar-refractivity contribution >= 4 is 0 Å². The van der Waals surface area contributed by atoms with Crippen molar-refractivity contribution in [2.45, 2.75) is 38.3 Å². The van der Waals surface area contributed by atoms with Crippen LogP contribution < -0.4 is 5.32 Å². The number of hydrogen-bond acceptors (Lipinski definition) is 3. The molecule has 1 aromatic rings. The molecule has 1 saturated carbocycles. The fourth-order valence-corrected chi connectivity index (χ4v) is 2.04. The minimum absolute atomic E-state index is 0.114. The number of hydrogen-bond donors (Lipinski definition) is 1. The minimum Gasteiger partial charge on any atom is -0.379 e. The Morgan fingerprint density at radius 1 is 1.30 bits per heavy atom. The van der Waals surface area contributed by atoms with E-state index in [1.54, 1.807) is 12.1 Å². The lowest BCUT2D eigenvalue weighted by atomic mass is 10.1. The summed E-state index contributed by atoms with van der Waals surface area (Å²) in [6, 6.07) is 7.26. The number of nitrogens with one attached hydrogen (secondary N) is 1. The highest BCUT2D eigenvalue weighted by Crippen LogP contribution is 2.22. The van der Waals surface area contributed by atoms with E-state index >= 15 is 0 Å². The smallest absolute Gasteiger partial charge is 0.123 e. The molecule has 0 heterocycles. The van der Waals surface area contributed by atoms with Gasteiger partial charge in [-0.3, -0.25) is 0 Å². The molecule has 0 spiro atoms. The third-order valence-corrected chi connectivity index (χ3v) is 3.28. The van der Waals surface area contributed by atoms with Crippen molar-refractivity contribution < 1.29 is 13.9 Å². The van der Waals surface area contributed by atoms with E-state index in [-0.39, 0.29) is 11.9 Å². The molecule has 1 aliphatic carbocycles. The van der Waals surface area contributed by atoms with Gasteiger partial charge >= 0.3 is 0 Å².